The van der Waals surface area contributed by atoms with E-state index in [0.717, 1.165) is 24.0 Å². The summed E-state index contributed by atoms with van der Waals surface area (Å²) in [6, 6.07) is 1.95. The predicted molar refractivity (Wildman–Crippen MR) is 92.7 cm³/mol. The van der Waals surface area contributed by atoms with Crippen molar-refractivity contribution in [1.82, 2.24) is 25.6 Å². The average Bonchev–Trinajstić information content (AvgIpc) is 2.59. The summed E-state index contributed by atoms with van der Waals surface area (Å²) < 4.78 is 5.27. The lowest BCUT2D eigenvalue weighted by Gasteiger charge is -2.45. The Morgan fingerprint density at radius 2 is 2.04 bits per heavy atom. The second-order valence-corrected chi connectivity index (χ2v) is 7.62. The van der Waals surface area contributed by atoms with Gasteiger partial charge in [-0.05, 0) is 31.9 Å². The highest BCUT2D eigenvalue weighted by Crippen LogP contribution is 2.36. The maximum Gasteiger partial charge on any atom is 0.231 e. The maximum atomic E-state index is 13.0. The molecule has 7 heteroatoms. The number of ether oxygens (including phenoxy) is 1. The fourth-order valence-electron chi connectivity index (χ4n) is 3.81. The largest absolute Gasteiger partial charge is 0.379 e. The van der Waals surface area contributed by atoms with Crippen molar-refractivity contribution in [3.05, 3.63) is 30.2 Å². The van der Waals surface area contributed by atoms with Gasteiger partial charge >= 0.3 is 0 Å². The summed E-state index contributed by atoms with van der Waals surface area (Å²) >= 11 is 0. The molecule has 2 fully saturated rings. The van der Waals surface area contributed by atoms with Gasteiger partial charge in [0.15, 0.2) is 5.65 Å². The van der Waals surface area contributed by atoms with Crippen LogP contribution in [0.5, 0.6) is 0 Å². The monoisotopic (exact) mass is 341 g/mol. The second-order valence-electron chi connectivity index (χ2n) is 7.62. The highest BCUT2D eigenvalue weighted by molar-refractivity contribution is 5.85. The summed E-state index contributed by atoms with van der Waals surface area (Å²) in [4.78, 5) is 26.1. The first-order valence-corrected chi connectivity index (χ1v) is 8.70. The van der Waals surface area contributed by atoms with Crippen molar-refractivity contribution in [3.8, 4) is 0 Å². The number of pyridine rings is 1. The van der Waals surface area contributed by atoms with Gasteiger partial charge in [0, 0.05) is 30.7 Å². The van der Waals surface area contributed by atoms with Crippen LogP contribution in [0, 0.1) is 11.3 Å². The van der Waals surface area contributed by atoms with Gasteiger partial charge in [0.25, 0.3) is 0 Å². The third kappa shape index (κ3) is 2.77. The number of hydrogen-bond donors (Lipinski definition) is 2. The Morgan fingerprint density at radius 1 is 1.28 bits per heavy atom. The van der Waals surface area contributed by atoms with Gasteiger partial charge < -0.3 is 15.4 Å². The summed E-state index contributed by atoms with van der Waals surface area (Å²) in [6.45, 7) is 6.67. The SMILES string of the molecule is C[C@@H]1CNC[C@](NC(=O)C2(C)COC2)(c2ccnc3nccnc23)C1. The van der Waals surface area contributed by atoms with Crippen molar-refractivity contribution in [2.45, 2.75) is 25.8 Å². The molecule has 2 aliphatic rings. The zero-order chi connectivity index (χ0) is 17.5. The number of nitrogens with one attached hydrogen (secondary N) is 2. The number of aromatic nitrogens is 3. The summed E-state index contributed by atoms with van der Waals surface area (Å²) in [7, 11) is 0. The van der Waals surface area contributed by atoms with Crippen LogP contribution >= 0.6 is 0 Å². The molecule has 4 heterocycles. The summed E-state index contributed by atoms with van der Waals surface area (Å²) in [5, 5.41) is 6.80. The lowest BCUT2D eigenvalue weighted by atomic mass is 9.77. The number of carbonyl (C=O) groups excluding carboxylic acids is 1. The number of piperidine rings is 1. The number of hydrogen-bond acceptors (Lipinski definition) is 6. The van der Waals surface area contributed by atoms with E-state index in [-0.39, 0.29) is 5.91 Å². The minimum atomic E-state index is -0.523. The fraction of sp³-hybridized carbons (Fsp3) is 0.556. The van der Waals surface area contributed by atoms with E-state index >= 15 is 0 Å². The molecule has 25 heavy (non-hydrogen) atoms. The van der Waals surface area contributed by atoms with Crippen molar-refractivity contribution in [3.63, 3.8) is 0 Å². The van der Waals surface area contributed by atoms with Crippen molar-refractivity contribution < 1.29 is 9.53 Å². The van der Waals surface area contributed by atoms with E-state index < -0.39 is 11.0 Å². The van der Waals surface area contributed by atoms with Crippen LogP contribution in [-0.2, 0) is 15.1 Å². The molecule has 2 saturated heterocycles. The molecule has 0 aromatic carbocycles. The number of nitrogens with zero attached hydrogens (tertiary/aromatic N) is 3. The molecular weight excluding hydrogens is 318 g/mol. The van der Waals surface area contributed by atoms with E-state index in [2.05, 4.69) is 32.5 Å². The molecule has 2 atom stereocenters. The van der Waals surface area contributed by atoms with Crippen molar-refractivity contribution in [2.75, 3.05) is 26.3 Å². The van der Waals surface area contributed by atoms with Crippen LogP contribution in [0.4, 0.5) is 0 Å². The Labute approximate surface area is 146 Å². The Morgan fingerprint density at radius 3 is 2.76 bits per heavy atom. The van der Waals surface area contributed by atoms with Gasteiger partial charge in [-0.1, -0.05) is 6.92 Å². The molecule has 0 radical (unpaired) electrons. The van der Waals surface area contributed by atoms with Crippen LogP contribution in [0.25, 0.3) is 11.2 Å². The Balaban J connectivity index is 1.79. The van der Waals surface area contributed by atoms with E-state index in [1.165, 1.54) is 0 Å². The van der Waals surface area contributed by atoms with Crippen LogP contribution in [0.1, 0.15) is 25.8 Å². The first-order chi connectivity index (χ1) is 12.0. The Hall–Kier alpha value is -2.12. The zero-order valence-corrected chi connectivity index (χ0v) is 14.6. The highest BCUT2D eigenvalue weighted by atomic mass is 16.5. The lowest BCUT2D eigenvalue weighted by Crippen LogP contribution is -2.62. The molecular formula is C18H23N5O2. The second kappa shape index (κ2) is 6.00. The summed E-state index contributed by atoms with van der Waals surface area (Å²) in [5.41, 5.74) is 1.34. The molecule has 2 aromatic heterocycles. The first-order valence-electron chi connectivity index (χ1n) is 8.70. The van der Waals surface area contributed by atoms with Gasteiger partial charge in [-0.2, -0.15) is 0 Å². The topological polar surface area (TPSA) is 89.0 Å². The van der Waals surface area contributed by atoms with Crippen LogP contribution < -0.4 is 10.6 Å². The van der Waals surface area contributed by atoms with Gasteiger partial charge in [-0.3, -0.25) is 9.78 Å². The number of fused-ring (bicyclic) bond motifs is 1. The number of rotatable bonds is 3. The quantitative estimate of drug-likeness (QED) is 0.866. The van der Waals surface area contributed by atoms with Crippen molar-refractivity contribution in [1.29, 1.82) is 0 Å². The van der Waals surface area contributed by atoms with E-state index in [1.807, 2.05) is 13.0 Å². The van der Waals surface area contributed by atoms with Gasteiger partial charge in [0.05, 0.1) is 24.2 Å². The molecule has 2 N–H and O–H groups in total. The highest BCUT2D eigenvalue weighted by Gasteiger charge is 2.47. The van der Waals surface area contributed by atoms with Crippen LogP contribution in [-0.4, -0.2) is 47.2 Å². The van der Waals surface area contributed by atoms with Crippen LogP contribution in [0.3, 0.4) is 0 Å². The molecule has 0 bridgehead atoms. The molecule has 0 unspecified atom stereocenters. The van der Waals surface area contributed by atoms with Crippen molar-refractivity contribution in [2.24, 2.45) is 11.3 Å². The van der Waals surface area contributed by atoms with E-state index in [4.69, 9.17) is 4.74 Å². The summed E-state index contributed by atoms with van der Waals surface area (Å²) in [6.07, 6.45) is 5.90. The molecule has 7 nitrogen and oxygen atoms in total. The molecule has 2 aliphatic heterocycles. The van der Waals surface area contributed by atoms with Gasteiger partial charge in [0.1, 0.15) is 5.52 Å². The zero-order valence-electron chi connectivity index (χ0n) is 14.6. The van der Waals surface area contributed by atoms with Crippen molar-refractivity contribution >= 4 is 17.1 Å². The first kappa shape index (κ1) is 16.4. The summed E-state index contributed by atoms with van der Waals surface area (Å²) in [5.74, 6) is 0.461. The van der Waals surface area contributed by atoms with E-state index in [9.17, 15) is 4.79 Å². The fourth-order valence-corrected chi connectivity index (χ4v) is 3.81. The molecule has 1 amide bonds. The van der Waals surface area contributed by atoms with Gasteiger partial charge in [0.2, 0.25) is 5.91 Å². The van der Waals surface area contributed by atoms with Crippen LogP contribution in [0.15, 0.2) is 24.7 Å². The third-order valence-electron chi connectivity index (χ3n) is 5.25. The van der Waals surface area contributed by atoms with Crippen LogP contribution in [0.2, 0.25) is 0 Å². The van der Waals surface area contributed by atoms with E-state index in [0.29, 0.717) is 31.3 Å². The average molecular weight is 341 g/mol. The normalized spacial score (nSPS) is 28.3. The third-order valence-corrected chi connectivity index (χ3v) is 5.25. The molecule has 2 aromatic rings. The molecule has 4 rings (SSSR count). The van der Waals surface area contributed by atoms with Gasteiger partial charge in [-0.15, -0.1) is 0 Å². The standard InChI is InChI=1S/C18H23N5O2/c1-12-7-18(9-19-8-12,23-16(24)17(2)10-25-11-17)13-3-4-21-15-14(13)20-5-6-22-15/h3-6,12,19H,7-11H2,1-2H3,(H,23,24)/t12-,18-/m0/s1. The Bertz CT molecular complexity index is 802. The van der Waals surface area contributed by atoms with Gasteiger partial charge in [-0.25, -0.2) is 9.97 Å². The molecule has 0 saturated carbocycles. The Kier molecular flexibility index (Phi) is 3.92. The van der Waals surface area contributed by atoms with E-state index in [1.54, 1.807) is 18.6 Å². The minimum absolute atomic E-state index is 0.0310. The molecule has 0 spiro atoms. The maximum absolute atomic E-state index is 13.0. The smallest absolute Gasteiger partial charge is 0.231 e. The molecule has 132 valence electrons. The lowest BCUT2D eigenvalue weighted by molar-refractivity contribution is -0.160. The predicted octanol–water partition coefficient (Wildman–Crippen LogP) is 1.00. The number of carbonyl (C=O) groups is 1. The molecule has 0 aliphatic carbocycles. The minimum Gasteiger partial charge on any atom is -0.379 e. The number of amides is 1.